The number of aliphatic hydroxyl groups excluding tert-OH is 3. The fraction of sp³-hybridized carbons (Fsp3) is 0.900. The van der Waals surface area contributed by atoms with Crippen LogP contribution in [-0.4, -0.2) is 73.7 Å². The van der Waals surface area contributed by atoms with Crippen LogP contribution in [0.1, 0.15) is 71.1 Å². The Balaban J connectivity index is 2.09. The Morgan fingerprint density at radius 3 is 2.14 bits per heavy atom. The van der Waals surface area contributed by atoms with Gasteiger partial charge in [0.2, 0.25) is 11.8 Å². The maximum atomic E-state index is 12.2. The van der Waals surface area contributed by atoms with Crippen molar-refractivity contribution in [1.29, 1.82) is 0 Å². The third kappa shape index (κ3) is 4.98. The van der Waals surface area contributed by atoms with Gasteiger partial charge in [-0.15, -0.1) is 0 Å². The van der Waals surface area contributed by atoms with E-state index in [-0.39, 0.29) is 6.42 Å². The predicted octanol–water partition coefficient (Wildman–Crippen LogP) is -0.287. The van der Waals surface area contributed by atoms with Crippen LogP contribution in [0, 0.1) is 5.92 Å². The number of hydrogen-bond donors (Lipinski definition) is 6. The molecule has 2 saturated heterocycles. The van der Waals surface area contributed by atoms with Gasteiger partial charge in [-0.2, -0.15) is 0 Å². The first-order valence-corrected chi connectivity index (χ1v) is 10.6. The number of amides is 2. The summed E-state index contributed by atoms with van der Waals surface area (Å²) in [5.41, 5.74) is -2.59. The highest BCUT2D eigenvalue weighted by molar-refractivity contribution is 6.04. The second-order valence-corrected chi connectivity index (χ2v) is 8.28. The van der Waals surface area contributed by atoms with Crippen molar-refractivity contribution in [3.63, 3.8) is 0 Å². The quantitative estimate of drug-likeness (QED) is 0.198. The number of carbonyl (C=O) groups excluding carboxylic acids is 2. The Morgan fingerprint density at radius 2 is 1.62 bits per heavy atom. The van der Waals surface area contributed by atoms with E-state index in [0.717, 1.165) is 25.7 Å². The molecule has 9 heteroatoms. The zero-order chi connectivity index (χ0) is 21.7. The summed E-state index contributed by atoms with van der Waals surface area (Å²) in [5, 5.41) is 54.7. The fourth-order valence-electron chi connectivity index (χ4n) is 4.40. The van der Waals surface area contributed by atoms with Crippen molar-refractivity contribution in [3.05, 3.63) is 0 Å². The maximum Gasteiger partial charge on any atom is 0.233 e. The average Bonchev–Trinajstić information content (AvgIpc) is 3.03. The molecule has 2 heterocycles. The van der Waals surface area contributed by atoms with Crippen LogP contribution < -0.4 is 5.32 Å². The van der Waals surface area contributed by atoms with Crippen LogP contribution in [0.3, 0.4) is 0 Å². The fourth-order valence-corrected chi connectivity index (χ4v) is 4.40. The first kappa shape index (κ1) is 24.2. The monoisotopic (exact) mass is 417 g/mol. The molecule has 0 aromatic rings. The third-order valence-electron chi connectivity index (χ3n) is 6.18. The van der Waals surface area contributed by atoms with Crippen molar-refractivity contribution in [2.24, 2.45) is 5.92 Å². The molecule has 0 aromatic carbocycles. The number of aliphatic hydroxyl groups is 5. The van der Waals surface area contributed by atoms with Crippen molar-refractivity contribution < 1.29 is 39.9 Å². The van der Waals surface area contributed by atoms with Gasteiger partial charge in [0, 0.05) is 12.8 Å². The van der Waals surface area contributed by atoms with Crippen LogP contribution in [-0.2, 0) is 14.3 Å². The number of rotatable bonds is 11. The highest BCUT2D eigenvalue weighted by atomic mass is 16.7. The van der Waals surface area contributed by atoms with Gasteiger partial charge in [-0.05, 0) is 6.42 Å². The molecule has 0 bridgehead atoms. The Bertz CT molecular complexity index is 573. The van der Waals surface area contributed by atoms with Gasteiger partial charge in [0.25, 0.3) is 0 Å². The van der Waals surface area contributed by atoms with Crippen molar-refractivity contribution in [1.82, 2.24) is 5.32 Å². The molecule has 2 amide bonds. The summed E-state index contributed by atoms with van der Waals surface area (Å²) in [6.45, 7) is 1.46. The lowest BCUT2D eigenvalue weighted by Gasteiger charge is -2.54. The van der Waals surface area contributed by atoms with Gasteiger partial charge < -0.3 is 30.3 Å². The molecular formula is C20H35NO8. The molecule has 0 aliphatic carbocycles. The van der Waals surface area contributed by atoms with Gasteiger partial charge in [-0.1, -0.05) is 51.9 Å². The highest BCUT2D eigenvalue weighted by Gasteiger charge is 2.68. The molecule has 0 radical (unpaired) electrons. The minimum Gasteiger partial charge on any atom is -0.394 e. The summed E-state index contributed by atoms with van der Waals surface area (Å²) < 4.78 is 5.43. The van der Waals surface area contributed by atoms with Crippen LogP contribution >= 0.6 is 0 Å². The molecule has 2 aliphatic heterocycles. The molecular weight excluding hydrogens is 382 g/mol. The molecule has 0 saturated carbocycles. The van der Waals surface area contributed by atoms with E-state index in [9.17, 15) is 35.1 Å². The molecule has 6 atom stereocenters. The summed E-state index contributed by atoms with van der Waals surface area (Å²) in [7, 11) is 0. The predicted molar refractivity (Wildman–Crippen MR) is 102 cm³/mol. The Labute approximate surface area is 171 Å². The van der Waals surface area contributed by atoms with Crippen LogP contribution in [0.4, 0.5) is 0 Å². The summed E-state index contributed by atoms with van der Waals surface area (Å²) in [6, 6.07) is 0. The molecule has 9 nitrogen and oxygen atoms in total. The van der Waals surface area contributed by atoms with Crippen molar-refractivity contribution >= 4 is 11.8 Å². The van der Waals surface area contributed by atoms with Gasteiger partial charge in [-0.3, -0.25) is 14.9 Å². The lowest BCUT2D eigenvalue weighted by atomic mass is 9.69. The largest absolute Gasteiger partial charge is 0.394 e. The van der Waals surface area contributed by atoms with Crippen molar-refractivity contribution in [2.45, 2.75) is 101 Å². The minimum absolute atomic E-state index is 0.114. The van der Waals surface area contributed by atoms with E-state index in [1.807, 2.05) is 5.32 Å². The maximum absolute atomic E-state index is 12.2. The third-order valence-corrected chi connectivity index (χ3v) is 6.18. The summed E-state index contributed by atoms with van der Waals surface area (Å²) >= 11 is 0. The van der Waals surface area contributed by atoms with Gasteiger partial charge >= 0.3 is 0 Å². The van der Waals surface area contributed by atoms with E-state index in [0.29, 0.717) is 6.42 Å². The van der Waals surface area contributed by atoms with Crippen molar-refractivity contribution in [3.8, 4) is 0 Å². The Kier molecular flexibility index (Phi) is 8.57. The lowest BCUT2D eigenvalue weighted by molar-refractivity contribution is -0.399. The number of ether oxygens (including phenoxy) is 1. The molecule has 0 spiro atoms. The van der Waals surface area contributed by atoms with Gasteiger partial charge in [0.05, 0.1) is 12.5 Å². The second kappa shape index (κ2) is 10.3. The lowest BCUT2D eigenvalue weighted by Crippen LogP contribution is -2.76. The first-order valence-electron chi connectivity index (χ1n) is 10.6. The van der Waals surface area contributed by atoms with E-state index in [2.05, 4.69) is 6.92 Å². The van der Waals surface area contributed by atoms with Gasteiger partial charge in [-0.25, -0.2) is 0 Å². The van der Waals surface area contributed by atoms with E-state index in [1.54, 1.807) is 0 Å². The molecule has 0 aromatic heterocycles. The summed E-state index contributed by atoms with van der Waals surface area (Å²) in [5.74, 6) is -5.36. The van der Waals surface area contributed by atoms with Crippen LogP contribution in [0.15, 0.2) is 0 Å². The molecule has 1 unspecified atom stereocenters. The van der Waals surface area contributed by atoms with E-state index >= 15 is 0 Å². The number of hydrogen-bond acceptors (Lipinski definition) is 8. The first-order chi connectivity index (χ1) is 13.7. The zero-order valence-electron chi connectivity index (χ0n) is 17.0. The van der Waals surface area contributed by atoms with Gasteiger partial charge in [0.1, 0.15) is 18.3 Å². The number of unbranched alkanes of at least 4 members (excludes halogenated alkanes) is 7. The smallest absolute Gasteiger partial charge is 0.233 e. The van der Waals surface area contributed by atoms with Crippen LogP contribution in [0.5, 0.6) is 0 Å². The zero-order valence-corrected chi connectivity index (χ0v) is 17.0. The molecule has 2 rings (SSSR count). The Morgan fingerprint density at radius 1 is 1.03 bits per heavy atom. The van der Waals surface area contributed by atoms with Crippen LogP contribution in [0.25, 0.3) is 0 Å². The number of carbonyl (C=O) groups is 2. The normalized spacial score (nSPS) is 37.7. The molecule has 168 valence electrons. The number of nitrogens with one attached hydrogen (secondary N) is 1. The topological polar surface area (TPSA) is 157 Å². The standard InChI is InChI=1S/C20H35NO8/c1-2-3-4-5-6-7-8-9-10-19(27)20(28,13-11-15(23)21-18(13)26)17(25)16(24)14(12-22)29-19/h13-14,16-17,22,24-25,27-28H,2-12H2,1H3,(H,21,23,26)/t13?,14-,16-,17+,19+,20-/m1/s1. The average molecular weight is 417 g/mol. The van der Waals surface area contributed by atoms with E-state index in [1.165, 1.54) is 19.3 Å². The molecule has 6 N–H and O–H groups in total. The Hall–Kier alpha value is -1.10. The van der Waals surface area contributed by atoms with Crippen molar-refractivity contribution in [2.75, 3.05) is 6.61 Å². The summed E-state index contributed by atoms with van der Waals surface area (Å²) in [4.78, 5) is 23.8. The molecule has 29 heavy (non-hydrogen) atoms. The SMILES string of the molecule is CCCCCCCCCC[C@]1(O)O[C@H](CO)[C@@H](O)[C@H](O)[C@]1(O)C1CC(=O)NC1=O. The molecule has 2 aliphatic rings. The summed E-state index contributed by atoms with van der Waals surface area (Å²) in [6.07, 6.45) is 2.23. The minimum atomic E-state index is -2.59. The highest BCUT2D eigenvalue weighted by Crippen LogP contribution is 2.46. The molecule has 2 fully saturated rings. The van der Waals surface area contributed by atoms with Crippen LogP contribution in [0.2, 0.25) is 0 Å². The van der Waals surface area contributed by atoms with E-state index in [4.69, 9.17) is 4.74 Å². The van der Waals surface area contributed by atoms with Gasteiger partial charge in [0.15, 0.2) is 11.4 Å². The van der Waals surface area contributed by atoms with E-state index < -0.39 is 60.5 Å². The second-order valence-electron chi connectivity index (χ2n) is 8.28. The number of imide groups is 1.